The molecule has 0 saturated heterocycles. The molecule has 3 rings (SSSR count). The number of hydrogen-bond acceptors (Lipinski definition) is 2. The number of hydrogen-bond donors (Lipinski definition) is 0. The normalized spacial score (nSPS) is 11.3. The Hall–Kier alpha value is -2.82. The lowest BCUT2D eigenvalue weighted by Crippen LogP contribution is -2.04. The van der Waals surface area contributed by atoms with E-state index < -0.39 is 11.7 Å². The Kier molecular flexibility index (Phi) is 4.25. The van der Waals surface area contributed by atoms with Crippen LogP contribution >= 0.6 is 0 Å². The molecule has 3 aromatic rings. The second-order valence-corrected chi connectivity index (χ2v) is 5.23. The maximum absolute atomic E-state index is 13.0. The quantitative estimate of drug-likeness (QED) is 0.638. The van der Waals surface area contributed by atoms with Gasteiger partial charge in [0.2, 0.25) is 0 Å². The van der Waals surface area contributed by atoms with E-state index in [1.165, 1.54) is 13.2 Å². The smallest absolute Gasteiger partial charge is 0.416 e. The van der Waals surface area contributed by atoms with Crippen molar-refractivity contribution in [3.63, 3.8) is 0 Å². The molecule has 0 atom stereocenters. The first-order chi connectivity index (χ1) is 11.5. The number of benzene rings is 2. The molecule has 0 aliphatic rings. The zero-order chi connectivity index (χ0) is 17.2. The summed E-state index contributed by atoms with van der Waals surface area (Å²) < 4.78 is 44.2. The monoisotopic (exact) mass is 329 g/mol. The van der Waals surface area contributed by atoms with Gasteiger partial charge >= 0.3 is 6.18 Å². The van der Waals surface area contributed by atoms with E-state index in [1.54, 1.807) is 24.5 Å². The third kappa shape index (κ3) is 3.25. The van der Waals surface area contributed by atoms with E-state index in [2.05, 4.69) is 4.98 Å². The molecule has 2 aromatic carbocycles. The first-order valence-corrected chi connectivity index (χ1v) is 7.25. The van der Waals surface area contributed by atoms with Crippen LogP contribution < -0.4 is 4.74 Å². The highest BCUT2D eigenvalue weighted by molar-refractivity contribution is 5.78. The molecule has 5 heteroatoms. The van der Waals surface area contributed by atoms with Gasteiger partial charge in [0.25, 0.3) is 0 Å². The van der Waals surface area contributed by atoms with Crippen molar-refractivity contribution in [2.45, 2.75) is 6.18 Å². The summed E-state index contributed by atoms with van der Waals surface area (Å²) in [6, 6.07) is 14.4. The predicted molar refractivity (Wildman–Crippen MR) is 86.7 cm³/mol. The van der Waals surface area contributed by atoms with Crippen LogP contribution in [0.15, 0.2) is 67.0 Å². The summed E-state index contributed by atoms with van der Waals surface area (Å²) in [5.74, 6) is 0.520. The van der Waals surface area contributed by atoms with Crippen molar-refractivity contribution in [2.24, 2.45) is 0 Å². The highest BCUT2D eigenvalue weighted by Crippen LogP contribution is 2.37. The molecular weight excluding hydrogens is 315 g/mol. The summed E-state index contributed by atoms with van der Waals surface area (Å²) in [7, 11) is 1.50. The topological polar surface area (TPSA) is 22.1 Å². The minimum atomic E-state index is -4.38. The zero-order valence-corrected chi connectivity index (χ0v) is 12.8. The van der Waals surface area contributed by atoms with Crippen molar-refractivity contribution >= 4 is 0 Å². The molecule has 0 aliphatic heterocycles. The number of rotatable bonds is 3. The number of ether oxygens (including phenoxy) is 1. The Labute approximate surface area is 137 Å². The van der Waals surface area contributed by atoms with Crippen molar-refractivity contribution in [3.8, 4) is 28.0 Å². The van der Waals surface area contributed by atoms with Gasteiger partial charge in [0.1, 0.15) is 5.75 Å². The molecule has 2 nitrogen and oxygen atoms in total. The molecule has 0 saturated carbocycles. The fraction of sp³-hybridized carbons (Fsp3) is 0.105. The second kappa shape index (κ2) is 6.35. The van der Waals surface area contributed by atoms with Crippen molar-refractivity contribution in [1.82, 2.24) is 4.98 Å². The molecule has 0 N–H and O–H groups in total. The van der Waals surface area contributed by atoms with E-state index in [9.17, 15) is 13.2 Å². The van der Waals surface area contributed by atoms with Crippen LogP contribution in [0.5, 0.6) is 5.75 Å². The van der Waals surface area contributed by atoms with E-state index in [1.807, 2.05) is 24.3 Å². The Bertz CT molecular complexity index is 845. The van der Waals surface area contributed by atoms with E-state index >= 15 is 0 Å². The van der Waals surface area contributed by atoms with Crippen LogP contribution in [0.2, 0.25) is 0 Å². The van der Waals surface area contributed by atoms with Gasteiger partial charge in [-0.1, -0.05) is 18.2 Å². The molecule has 0 unspecified atom stereocenters. The average molecular weight is 329 g/mol. The fourth-order valence-electron chi connectivity index (χ4n) is 2.52. The maximum atomic E-state index is 13.0. The van der Waals surface area contributed by atoms with E-state index in [0.29, 0.717) is 16.9 Å². The Morgan fingerprint density at radius 3 is 2.25 bits per heavy atom. The number of aromatic nitrogens is 1. The standard InChI is InChI=1S/C19H14F3NO/c1-24-18-6-5-14(13-7-9-23-10-8-13)12-17(18)15-3-2-4-16(11-15)19(20,21)22/h2-12H,1H3. The van der Waals surface area contributed by atoms with Gasteiger partial charge in [-0.25, -0.2) is 0 Å². The second-order valence-electron chi connectivity index (χ2n) is 5.23. The molecule has 24 heavy (non-hydrogen) atoms. The molecule has 0 radical (unpaired) electrons. The van der Waals surface area contributed by atoms with Crippen molar-refractivity contribution in [2.75, 3.05) is 7.11 Å². The van der Waals surface area contributed by atoms with Crippen molar-refractivity contribution in [1.29, 1.82) is 0 Å². The number of halogens is 3. The third-order valence-electron chi connectivity index (χ3n) is 3.71. The molecule has 0 bridgehead atoms. The van der Waals surface area contributed by atoms with Gasteiger partial charge in [-0.3, -0.25) is 4.98 Å². The summed E-state index contributed by atoms with van der Waals surface area (Å²) >= 11 is 0. The molecule has 1 heterocycles. The number of nitrogens with zero attached hydrogens (tertiary/aromatic N) is 1. The average Bonchev–Trinajstić information content (AvgIpc) is 2.61. The largest absolute Gasteiger partial charge is 0.496 e. The summed E-state index contributed by atoms with van der Waals surface area (Å²) in [5.41, 5.74) is 2.19. The molecule has 122 valence electrons. The molecule has 0 spiro atoms. The van der Waals surface area contributed by atoms with Gasteiger partial charge in [0.05, 0.1) is 12.7 Å². The minimum absolute atomic E-state index is 0.456. The Morgan fingerprint density at radius 1 is 0.833 bits per heavy atom. The van der Waals surface area contributed by atoms with Crippen molar-refractivity contribution in [3.05, 3.63) is 72.6 Å². The lowest BCUT2D eigenvalue weighted by Gasteiger charge is -2.13. The van der Waals surface area contributed by atoms with Crippen LogP contribution in [-0.2, 0) is 6.18 Å². The highest BCUT2D eigenvalue weighted by atomic mass is 19.4. The van der Waals surface area contributed by atoms with Gasteiger partial charge in [-0.05, 0) is 53.1 Å². The number of methoxy groups -OCH3 is 1. The predicted octanol–water partition coefficient (Wildman–Crippen LogP) is 5.44. The Morgan fingerprint density at radius 2 is 1.58 bits per heavy atom. The molecule has 0 fully saturated rings. The van der Waals surface area contributed by atoms with Crippen LogP contribution in [-0.4, -0.2) is 12.1 Å². The van der Waals surface area contributed by atoms with Crippen LogP contribution in [0.1, 0.15) is 5.56 Å². The van der Waals surface area contributed by atoms with Crippen LogP contribution in [0.3, 0.4) is 0 Å². The van der Waals surface area contributed by atoms with Gasteiger partial charge in [-0.2, -0.15) is 13.2 Å². The van der Waals surface area contributed by atoms with Gasteiger partial charge in [0.15, 0.2) is 0 Å². The summed E-state index contributed by atoms with van der Waals surface area (Å²) in [5, 5.41) is 0. The number of pyridine rings is 1. The Balaban J connectivity index is 2.13. The van der Waals surface area contributed by atoms with Crippen LogP contribution in [0.25, 0.3) is 22.3 Å². The van der Waals surface area contributed by atoms with Gasteiger partial charge in [-0.15, -0.1) is 0 Å². The maximum Gasteiger partial charge on any atom is 0.416 e. The summed E-state index contributed by atoms with van der Waals surface area (Å²) in [6.07, 6.45) is -1.04. The zero-order valence-electron chi connectivity index (χ0n) is 12.8. The first-order valence-electron chi connectivity index (χ1n) is 7.25. The molecule has 1 aromatic heterocycles. The van der Waals surface area contributed by atoms with Crippen LogP contribution in [0, 0.1) is 0 Å². The lowest BCUT2D eigenvalue weighted by atomic mass is 9.97. The molecular formula is C19H14F3NO. The summed E-state index contributed by atoms with van der Waals surface area (Å²) in [6.45, 7) is 0. The van der Waals surface area contributed by atoms with E-state index in [4.69, 9.17) is 4.74 Å². The van der Waals surface area contributed by atoms with E-state index in [-0.39, 0.29) is 0 Å². The fourth-order valence-corrected chi connectivity index (χ4v) is 2.52. The minimum Gasteiger partial charge on any atom is -0.496 e. The SMILES string of the molecule is COc1ccc(-c2ccncc2)cc1-c1cccc(C(F)(F)F)c1. The molecule has 0 aliphatic carbocycles. The highest BCUT2D eigenvalue weighted by Gasteiger charge is 2.30. The van der Waals surface area contributed by atoms with Gasteiger partial charge in [0, 0.05) is 18.0 Å². The summed E-state index contributed by atoms with van der Waals surface area (Å²) in [4.78, 5) is 3.97. The first kappa shape index (κ1) is 16.1. The van der Waals surface area contributed by atoms with E-state index in [0.717, 1.165) is 23.3 Å². The number of alkyl halides is 3. The van der Waals surface area contributed by atoms with Crippen LogP contribution in [0.4, 0.5) is 13.2 Å². The van der Waals surface area contributed by atoms with Crippen molar-refractivity contribution < 1.29 is 17.9 Å². The lowest BCUT2D eigenvalue weighted by molar-refractivity contribution is -0.137. The van der Waals surface area contributed by atoms with Gasteiger partial charge < -0.3 is 4.74 Å². The molecule has 0 amide bonds. The third-order valence-corrected chi connectivity index (χ3v) is 3.71.